The number of fused-ring (bicyclic) bond motifs is 2. The third-order valence-corrected chi connectivity index (χ3v) is 7.02. The summed E-state index contributed by atoms with van der Waals surface area (Å²) < 4.78 is 0. The Hall–Kier alpha value is -1.99. The van der Waals surface area contributed by atoms with Gasteiger partial charge in [-0.3, -0.25) is 0 Å². The molecule has 0 fully saturated rings. The standard InChI is InChI=1S/C27H30S/c1-18(22-8-6-7-21-15-19(17-28)9-11-23(21)22)20-10-12-24-25(16-20)27(4,5)14-13-26(24,2)3/h6-12,15-16,28H,1,13-14,17H2,2-5H3. The second-order valence-electron chi connectivity index (χ2n) is 9.53. The Morgan fingerprint density at radius 2 is 1.61 bits per heavy atom. The molecule has 28 heavy (non-hydrogen) atoms. The predicted molar refractivity (Wildman–Crippen MR) is 127 cm³/mol. The van der Waals surface area contributed by atoms with E-state index in [-0.39, 0.29) is 10.8 Å². The van der Waals surface area contributed by atoms with Gasteiger partial charge in [0.2, 0.25) is 0 Å². The van der Waals surface area contributed by atoms with Crippen molar-refractivity contribution in [2.24, 2.45) is 0 Å². The van der Waals surface area contributed by atoms with Crippen LogP contribution in [-0.2, 0) is 16.6 Å². The predicted octanol–water partition coefficient (Wildman–Crippen LogP) is 7.68. The van der Waals surface area contributed by atoms with Crippen LogP contribution in [0.4, 0.5) is 0 Å². The van der Waals surface area contributed by atoms with Crippen molar-refractivity contribution >= 4 is 29.0 Å². The largest absolute Gasteiger partial charge is 0.175 e. The van der Waals surface area contributed by atoms with Crippen molar-refractivity contribution in [2.45, 2.75) is 57.1 Å². The lowest BCUT2D eigenvalue weighted by molar-refractivity contribution is 0.332. The highest BCUT2D eigenvalue weighted by molar-refractivity contribution is 7.79. The first-order chi connectivity index (χ1) is 13.2. The molecule has 0 N–H and O–H groups in total. The fourth-order valence-electron chi connectivity index (χ4n) is 4.63. The summed E-state index contributed by atoms with van der Waals surface area (Å²) in [6, 6.07) is 20.1. The molecule has 0 amide bonds. The zero-order chi connectivity index (χ0) is 20.1. The molecular formula is C27H30S. The number of hydrogen-bond donors (Lipinski definition) is 1. The highest BCUT2D eigenvalue weighted by atomic mass is 32.1. The molecule has 1 aliphatic carbocycles. The van der Waals surface area contributed by atoms with Gasteiger partial charge in [-0.15, -0.1) is 0 Å². The minimum Gasteiger partial charge on any atom is -0.175 e. The molecule has 1 heteroatoms. The maximum atomic E-state index is 4.51. The minimum atomic E-state index is 0.210. The zero-order valence-electron chi connectivity index (χ0n) is 17.5. The van der Waals surface area contributed by atoms with E-state index in [9.17, 15) is 0 Å². The van der Waals surface area contributed by atoms with E-state index in [1.165, 1.54) is 51.4 Å². The molecule has 0 nitrogen and oxygen atoms in total. The molecular weight excluding hydrogens is 356 g/mol. The lowest BCUT2D eigenvalue weighted by Gasteiger charge is -2.42. The van der Waals surface area contributed by atoms with Crippen molar-refractivity contribution in [3.63, 3.8) is 0 Å². The summed E-state index contributed by atoms with van der Waals surface area (Å²) in [6.45, 7) is 14.0. The molecule has 0 unspecified atom stereocenters. The monoisotopic (exact) mass is 386 g/mol. The van der Waals surface area contributed by atoms with Crippen LogP contribution in [0.15, 0.2) is 61.2 Å². The van der Waals surface area contributed by atoms with Gasteiger partial charge in [0.15, 0.2) is 0 Å². The van der Waals surface area contributed by atoms with Crippen molar-refractivity contribution < 1.29 is 0 Å². The zero-order valence-corrected chi connectivity index (χ0v) is 18.4. The molecule has 0 radical (unpaired) electrons. The molecule has 0 bridgehead atoms. The van der Waals surface area contributed by atoms with Crippen LogP contribution in [0, 0.1) is 0 Å². The number of rotatable bonds is 3. The maximum Gasteiger partial charge on any atom is 0.0154 e. The van der Waals surface area contributed by atoms with E-state index in [1.807, 2.05) is 0 Å². The van der Waals surface area contributed by atoms with Crippen LogP contribution in [0.2, 0.25) is 0 Å². The number of benzene rings is 3. The average Bonchev–Trinajstić information content (AvgIpc) is 2.69. The summed E-state index contributed by atoms with van der Waals surface area (Å²) in [6.07, 6.45) is 2.47. The highest BCUT2D eigenvalue weighted by Crippen LogP contribution is 2.46. The van der Waals surface area contributed by atoms with Crippen LogP contribution in [-0.4, -0.2) is 0 Å². The van der Waals surface area contributed by atoms with Crippen LogP contribution in [0.25, 0.3) is 16.3 Å². The SMILES string of the molecule is C=C(c1ccc2c(c1)C(C)(C)CCC2(C)C)c1cccc2cc(CS)ccc12. The van der Waals surface area contributed by atoms with Crippen LogP contribution in [0.5, 0.6) is 0 Å². The smallest absolute Gasteiger partial charge is 0.0154 e. The first-order valence-corrected chi connectivity index (χ1v) is 10.8. The summed E-state index contributed by atoms with van der Waals surface area (Å²) in [5.74, 6) is 0.761. The van der Waals surface area contributed by atoms with E-state index >= 15 is 0 Å². The Balaban J connectivity index is 1.83. The molecule has 0 spiro atoms. The van der Waals surface area contributed by atoms with E-state index in [2.05, 4.69) is 101 Å². The molecule has 4 rings (SSSR count). The maximum absolute atomic E-state index is 4.51. The number of hydrogen-bond acceptors (Lipinski definition) is 1. The average molecular weight is 387 g/mol. The van der Waals surface area contributed by atoms with Gasteiger partial charge in [-0.1, -0.05) is 88.9 Å². The van der Waals surface area contributed by atoms with Crippen molar-refractivity contribution in [2.75, 3.05) is 0 Å². The Kier molecular flexibility index (Phi) is 4.70. The van der Waals surface area contributed by atoms with Gasteiger partial charge < -0.3 is 0 Å². The molecule has 1 aliphatic rings. The molecule has 0 aliphatic heterocycles. The molecule has 3 aromatic rings. The van der Waals surface area contributed by atoms with E-state index in [0.29, 0.717) is 0 Å². The van der Waals surface area contributed by atoms with Crippen LogP contribution >= 0.6 is 12.6 Å². The minimum absolute atomic E-state index is 0.210. The quantitative estimate of drug-likeness (QED) is 0.438. The third kappa shape index (κ3) is 3.20. The van der Waals surface area contributed by atoms with Gasteiger partial charge in [0.05, 0.1) is 0 Å². The topological polar surface area (TPSA) is 0 Å². The van der Waals surface area contributed by atoms with Crippen LogP contribution in [0.1, 0.15) is 68.4 Å². The van der Waals surface area contributed by atoms with Gasteiger partial charge in [-0.25, -0.2) is 0 Å². The molecule has 144 valence electrons. The van der Waals surface area contributed by atoms with E-state index < -0.39 is 0 Å². The molecule has 0 saturated heterocycles. The summed E-state index contributed by atoms with van der Waals surface area (Å²) in [5, 5.41) is 2.51. The van der Waals surface area contributed by atoms with Crippen molar-refractivity contribution in [1.82, 2.24) is 0 Å². The van der Waals surface area contributed by atoms with Crippen molar-refractivity contribution in [1.29, 1.82) is 0 Å². The van der Waals surface area contributed by atoms with Gasteiger partial charge in [0, 0.05) is 5.75 Å². The van der Waals surface area contributed by atoms with Crippen molar-refractivity contribution in [3.8, 4) is 0 Å². The highest BCUT2D eigenvalue weighted by Gasteiger charge is 2.37. The van der Waals surface area contributed by atoms with Gasteiger partial charge >= 0.3 is 0 Å². The molecule has 0 atom stereocenters. The van der Waals surface area contributed by atoms with Gasteiger partial charge in [-0.05, 0) is 67.8 Å². The lowest BCUT2D eigenvalue weighted by atomic mass is 9.63. The Morgan fingerprint density at radius 1 is 0.893 bits per heavy atom. The first kappa shape index (κ1) is 19.3. The summed E-state index contributed by atoms with van der Waals surface area (Å²) in [5.41, 5.74) is 8.24. The van der Waals surface area contributed by atoms with Gasteiger partial charge in [-0.2, -0.15) is 12.6 Å². The Bertz CT molecular complexity index is 1070. The molecule has 3 aromatic carbocycles. The molecule has 0 heterocycles. The van der Waals surface area contributed by atoms with E-state index in [4.69, 9.17) is 0 Å². The fraction of sp³-hybridized carbons (Fsp3) is 0.333. The van der Waals surface area contributed by atoms with E-state index in [0.717, 1.165) is 11.3 Å². The molecule has 0 aromatic heterocycles. The Labute approximate surface area is 175 Å². The summed E-state index contributed by atoms with van der Waals surface area (Å²) >= 11 is 4.42. The van der Waals surface area contributed by atoms with Gasteiger partial charge in [0.25, 0.3) is 0 Å². The fourth-order valence-corrected chi connectivity index (χ4v) is 4.82. The van der Waals surface area contributed by atoms with Crippen LogP contribution < -0.4 is 0 Å². The second kappa shape index (κ2) is 6.81. The number of thiol groups is 1. The van der Waals surface area contributed by atoms with Crippen LogP contribution in [0.3, 0.4) is 0 Å². The van der Waals surface area contributed by atoms with E-state index in [1.54, 1.807) is 0 Å². The lowest BCUT2D eigenvalue weighted by Crippen LogP contribution is -2.33. The summed E-state index contributed by atoms with van der Waals surface area (Å²) in [7, 11) is 0. The Morgan fingerprint density at radius 3 is 2.32 bits per heavy atom. The van der Waals surface area contributed by atoms with Crippen molar-refractivity contribution in [3.05, 3.63) is 89.0 Å². The third-order valence-electron chi connectivity index (χ3n) is 6.65. The normalized spacial score (nSPS) is 17.3. The first-order valence-electron chi connectivity index (χ1n) is 10.2. The summed E-state index contributed by atoms with van der Waals surface area (Å²) in [4.78, 5) is 0. The molecule has 0 saturated carbocycles. The second-order valence-corrected chi connectivity index (χ2v) is 9.84. The van der Waals surface area contributed by atoms with Gasteiger partial charge in [0.1, 0.15) is 0 Å².